The molecule has 0 bridgehead atoms. The van der Waals surface area contributed by atoms with Crippen LogP contribution in [0, 0.1) is 0 Å². The van der Waals surface area contributed by atoms with E-state index in [1.54, 1.807) is 0 Å². The molecule has 1 atom stereocenters. The van der Waals surface area contributed by atoms with Crippen molar-refractivity contribution in [3.05, 3.63) is 0 Å². The summed E-state index contributed by atoms with van der Waals surface area (Å²) in [4.78, 5) is 22.1. The summed E-state index contributed by atoms with van der Waals surface area (Å²) < 4.78 is 14.3. The van der Waals surface area contributed by atoms with Crippen molar-refractivity contribution in [2.24, 2.45) is 0 Å². The first kappa shape index (κ1) is 19.6. The lowest BCUT2D eigenvalue weighted by molar-refractivity contribution is 0.0727. The summed E-state index contributed by atoms with van der Waals surface area (Å²) in [5.74, 6) is 0. The van der Waals surface area contributed by atoms with Gasteiger partial charge in [0.2, 0.25) is 0 Å². The number of hydrogen-bond acceptors (Lipinski definition) is 5. The van der Waals surface area contributed by atoms with Gasteiger partial charge in [-0.15, -0.1) is 0 Å². The maximum absolute atomic E-state index is 11.4. The van der Waals surface area contributed by atoms with Gasteiger partial charge in [0.05, 0.1) is 0 Å². The predicted molar refractivity (Wildman–Crippen MR) is 87.4 cm³/mol. The summed E-state index contributed by atoms with van der Waals surface area (Å²) in [7, 11) is 0. The molecule has 6 nitrogen and oxygen atoms in total. The Balaban J connectivity index is 1.80. The van der Waals surface area contributed by atoms with Gasteiger partial charge in [0.1, 0.15) is 13.2 Å². The highest BCUT2D eigenvalue weighted by Crippen LogP contribution is 2.10. The second-order valence-electron chi connectivity index (χ2n) is 6.01. The molecular weight excluding hydrogens is 298 g/mol. The van der Waals surface area contributed by atoms with E-state index in [9.17, 15) is 9.59 Å². The molecule has 1 heterocycles. The normalized spacial score (nSPS) is 16.7. The molecule has 0 aromatic rings. The van der Waals surface area contributed by atoms with Gasteiger partial charge in [-0.25, -0.2) is 9.59 Å². The monoisotopic (exact) mass is 329 g/mol. The quantitative estimate of drug-likeness (QED) is 0.405. The van der Waals surface area contributed by atoms with Gasteiger partial charge in [0.25, 0.3) is 0 Å². The van der Waals surface area contributed by atoms with Crippen LogP contribution in [0.1, 0.15) is 71.1 Å². The summed E-state index contributed by atoms with van der Waals surface area (Å²) in [6.45, 7) is 3.04. The number of alkyl carbamates (subject to hydrolysis) is 1. The van der Waals surface area contributed by atoms with Gasteiger partial charge in [-0.2, -0.15) is 0 Å². The smallest absolute Gasteiger partial charge is 0.445 e. The van der Waals surface area contributed by atoms with Crippen LogP contribution in [-0.4, -0.2) is 38.1 Å². The van der Waals surface area contributed by atoms with Gasteiger partial charge in [0.15, 0.2) is 6.10 Å². The van der Waals surface area contributed by atoms with E-state index in [2.05, 4.69) is 17.0 Å². The Morgan fingerprint density at radius 2 is 1.70 bits per heavy atom. The van der Waals surface area contributed by atoms with Crippen molar-refractivity contribution in [3.63, 3.8) is 0 Å². The highest BCUT2D eigenvalue weighted by molar-refractivity contribution is 5.67. The summed E-state index contributed by atoms with van der Waals surface area (Å²) in [5.41, 5.74) is 0. The fraction of sp³-hybridized carbons (Fsp3) is 0.882. The molecule has 0 aromatic heterocycles. The fourth-order valence-electron chi connectivity index (χ4n) is 2.47. The molecule has 1 fully saturated rings. The number of amides is 1. The minimum Gasteiger partial charge on any atom is -0.445 e. The molecule has 0 radical (unpaired) electrons. The van der Waals surface area contributed by atoms with Gasteiger partial charge < -0.3 is 19.5 Å². The van der Waals surface area contributed by atoms with Crippen molar-refractivity contribution < 1.29 is 23.8 Å². The molecule has 23 heavy (non-hydrogen) atoms. The average Bonchev–Trinajstić information content (AvgIpc) is 2.96. The molecular formula is C17H31NO5. The van der Waals surface area contributed by atoms with Crippen LogP contribution in [0.3, 0.4) is 0 Å². The lowest BCUT2D eigenvalue weighted by Gasteiger charge is -2.09. The van der Waals surface area contributed by atoms with Crippen molar-refractivity contribution in [1.82, 2.24) is 5.32 Å². The number of nitrogens with one attached hydrogen (secondary N) is 1. The molecule has 0 aromatic carbocycles. The Morgan fingerprint density at radius 1 is 1.09 bits per heavy atom. The zero-order chi connectivity index (χ0) is 16.8. The minimum absolute atomic E-state index is 0.0373. The van der Waals surface area contributed by atoms with Crippen LogP contribution in [0.5, 0.6) is 0 Å². The summed E-state index contributed by atoms with van der Waals surface area (Å²) in [6.07, 6.45) is 11.0. The van der Waals surface area contributed by atoms with Crippen molar-refractivity contribution in [3.8, 4) is 0 Å². The van der Waals surface area contributed by atoms with Crippen molar-refractivity contribution in [2.75, 3.05) is 19.8 Å². The number of carbonyl (C=O) groups is 2. The molecule has 0 spiro atoms. The number of unbranched alkanes of at least 4 members (excludes halogenated alkanes) is 9. The zero-order valence-corrected chi connectivity index (χ0v) is 14.3. The largest absolute Gasteiger partial charge is 0.508 e. The van der Waals surface area contributed by atoms with Gasteiger partial charge >= 0.3 is 12.2 Å². The van der Waals surface area contributed by atoms with Gasteiger partial charge in [-0.05, 0) is 6.42 Å². The number of cyclic esters (lactones) is 2. The fourth-order valence-corrected chi connectivity index (χ4v) is 2.47. The second kappa shape index (κ2) is 13.0. The van der Waals surface area contributed by atoms with Crippen LogP contribution in [0.4, 0.5) is 9.59 Å². The lowest BCUT2D eigenvalue weighted by Crippen LogP contribution is -2.29. The molecule has 134 valence electrons. The third kappa shape index (κ3) is 10.8. The number of rotatable bonds is 13. The van der Waals surface area contributed by atoms with Crippen LogP contribution in [0.25, 0.3) is 0 Å². The van der Waals surface area contributed by atoms with Gasteiger partial charge in [0, 0.05) is 6.54 Å². The molecule has 1 N–H and O–H groups in total. The van der Waals surface area contributed by atoms with E-state index in [4.69, 9.17) is 9.47 Å². The molecule has 1 aliphatic rings. The van der Waals surface area contributed by atoms with E-state index < -0.39 is 18.4 Å². The lowest BCUT2D eigenvalue weighted by atomic mass is 10.1. The van der Waals surface area contributed by atoms with Gasteiger partial charge in [-0.1, -0.05) is 64.7 Å². The average molecular weight is 329 g/mol. The van der Waals surface area contributed by atoms with Crippen LogP contribution in [0.2, 0.25) is 0 Å². The first-order chi connectivity index (χ1) is 11.2. The molecule has 0 aliphatic carbocycles. The highest BCUT2D eigenvalue weighted by Gasteiger charge is 2.26. The van der Waals surface area contributed by atoms with Crippen molar-refractivity contribution in [1.29, 1.82) is 0 Å². The van der Waals surface area contributed by atoms with E-state index in [0.717, 1.165) is 12.8 Å². The van der Waals surface area contributed by atoms with Crippen LogP contribution >= 0.6 is 0 Å². The van der Waals surface area contributed by atoms with E-state index in [0.29, 0.717) is 6.54 Å². The molecule has 0 saturated carbocycles. The van der Waals surface area contributed by atoms with E-state index in [1.807, 2.05) is 0 Å². The molecule has 1 rings (SSSR count). The number of hydrogen-bond donors (Lipinski definition) is 1. The summed E-state index contributed by atoms with van der Waals surface area (Å²) in [6, 6.07) is 0. The Morgan fingerprint density at radius 3 is 2.26 bits per heavy atom. The van der Waals surface area contributed by atoms with Crippen LogP contribution < -0.4 is 5.32 Å². The van der Waals surface area contributed by atoms with Crippen LogP contribution in [0.15, 0.2) is 0 Å². The van der Waals surface area contributed by atoms with Crippen molar-refractivity contribution >= 4 is 12.2 Å². The van der Waals surface area contributed by atoms with E-state index in [1.165, 1.54) is 51.4 Å². The number of ether oxygens (including phenoxy) is 3. The predicted octanol–water partition coefficient (Wildman–Crippen LogP) is 4.17. The molecule has 1 amide bonds. The Kier molecular flexibility index (Phi) is 11.1. The highest BCUT2D eigenvalue weighted by atomic mass is 16.8. The van der Waals surface area contributed by atoms with Crippen molar-refractivity contribution in [2.45, 2.75) is 77.2 Å². The Bertz CT molecular complexity index is 335. The maximum Gasteiger partial charge on any atom is 0.508 e. The third-order valence-corrected chi connectivity index (χ3v) is 3.85. The Labute approximate surface area is 139 Å². The van der Waals surface area contributed by atoms with E-state index >= 15 is 0 Å². The van der Waals surface area contributed by atoms with E-state index in [-0.39, 0.29) is 13.2 Å². The first-order valence-corrected chi connectivity index (χ1v) is 8.96. The standard InChI is InChI=1S/C17H31NO5/c1-2-3-4-5-6-7-8-9-10-11-12-18-16(19)21-13-15-14-22-17(20)23-15/h15H,2-14H2,1H3,(H,18,19). The summed E-state index contributed by atoms with van der Waals surface area (Å²) in [5, 5.41) is 2.70. The molecule has 6 heteroatoms. The summed E-state index contributed by atoms with van der Waals surface area (Å²) >= 11 is 0. The Hall–Kier alpha value is -1.46. The topological polar surface area (TPSA) is 73.9 Å². The first-order valence-electron chi connectivity index (χ1n) is 8.96. The number of carbonyl (C=O) groups excluding carboxylic acids is 2. The maximum atomic E-state index is 11.4. The zero-order valence-electron chi connectivity index (χ0n) is 14.3. The molecule has 1 unspecified atom stereocenters. The van der Waals surface area contributed by atoms with Gasteiger partial charge in [-0.3, -0.25) is 0 Å². The molecule has 1 aliphatic heterocycles. The SMILES string of the molecule is CCCCCCCCCCCCNC(=O)OCC1COC(=O)O1. The second-order valence-corrected chi connectivity index (χ2v) is 6.01. The molecule has 1 saturated heterocycles. The minimum atomic E-state index is -0.704. The van der Waals surface area contributed by atoms with Crippen LogP contribution in [-0.2, 0) is 14.2 Å². The third-order valence-electron chi connectivity index (χ3n) is 3.85.